The first kappa shape index (κ1) is 107. The monoisotopic (exact) mass is 1690 g/mol. The van der Waals surface area contributed by atoms with Crippen molar-refractivity contribution in [1.82, 2.24) is 67.0 Å². The highest BCUT2D eigenvalue weighted by Crippen LogP contribution is 2.26. The summed E-state index contributed by atoms with van der Waals surface area (Å²) in [5, 5.41) is 35.4. The van der Waals surface area contributed by atoms with Gasteiger partial charge in [-0.1, -0.05) is 177 Å². The van der Waals surface area contributed by atoms with Gasteiger partial charge in [0.1, 0.15) is 30.8 Å². The van der Waals surface area contributed by atoms with Gasteiger partial charge in [-0.25, -0.2) is 4.79 Å². The van der Waals surface area contributed by atoms with Gasteiger partial charge in [0.2, 0.25) is 70.9 Å². The number of hydrogen-bond acceptors (Lipinski definition) is 18. The van der Waals surface area contributed by atoms with Crippen LogP contribution in [0.1, 0.15) is 243 Å². The normalized spacial score (nSPS) is 14.1. The highest BCUT2D eigenvalue weighted by Gasteiger charge is 2.41. The topological polar surface area (TPSA) is 411 Å². The minimum atomic E-state index is -1.32. The van der Waals surface area contributed by atoms with E-state index in [1.165, 1.54) is 68.6 Å². The maximum absolute atomic E-state index is 14.8. The van der Waals surface area contributed by atoms with Crippen LogP contribution in [0.4, 0.5) is 10.5 Å². The third kappa shape index (κ3) is 42.1. The number of aliphatic hydroxyl groups is 1. The molecule has 0 aliphatic rings. The van der Waals surface area contributed by atoms with Gasteiger partial charge in [-0.15, -0.1) is 0 Å². The maximum Gasteiger partial charge on any atom is 0.410 e. The number of nitrogens with zero attached hydrogens (tertiary/aromatic N) is 5. The number of ether oxygens (including phenoxy) is 2. The molecule has 11 atom stereocenters. The summed E-state index contributed by atoms with van der Waals surface area (Å²) < 4.78 is 11.8. The molecule has 0 bridgehead atoms. The quantitative estimate of drug-likeness (QED) is 0.0220. The summed E-state index contributed by atoms with van der Waals surface area (Å²) in [7, 11) is 7.62. The molecule has 0 radical (unpaired) electrons. The van der Waals surface area contributed by atoms with E-state index in [9.17, 15) is 67.4 Å². The number of methoxy groups -OCH3 is 1. The second-order valence-corrected chi connectivity index (χ2v) is 33.7. The Balaban J connectivity index is 1.99. The summed E-state index contributed by atoms with van der Waals surface area (Å²) >= 11 is 0. The van der Waals surface area contributed by atoms with Gasteiger partial charge in [0.25, 0.3) is 0 Å². The first-order valence-electron chi connectivity index (χ1n) is 43.9. The molecule has 0 aliphatic heterocycles. The van der Waals surface area contributed by atoms with Crippen LogP contribution in [0.3, 0.4) is 0 Å². The molecular formula is C89H153N15O16. The molecule has 0 saturated carbocycles. The fourth-order valence-corrected chi connectivity index (χ4v) is 14.2. The van der Waals surface area contributed by atoms with Crippen molar-refractivity contribution in [3.8, 4) is 0 Å². The van der Waals surface area contributed by atoms with Gasteiger partial charge in [0.15, 0.2) is 6.35 Å². The van der Waals surface area contributed by atoms with Crippen LogP contribution >= 0.6 is 0 Å². The number of nitrogens with one attached hydrogen (secondary N) is 9. The van der Waals surface area contributed by atoms with Crippen molar-refractivity contribution in [3.63, 3.8) is 0 Å². The average Bonchev–Trinajstić information content (AvgIpc) is 0.810. The van der Waals surface area contributed by atoms with E-state index in [4.69, 9.17) is 15.2 Å². The third-order valence-electron chi connectivity index (χ3n) is 21.8. The molecule has 0 heterocycles. The first-order chi connectivity index (χ1) is 56.8. The Morgan fingerprint density at radius 1 is 0.492 bits per heavy atom. The smallest absolute Gasteiger partial charge is 0.410 e. The van der Waals surface area contributed by atoms with E-state index in [0.29, 0.717) is 82.3 Å². The number of amides is 13. The Hall–Kier alpha value is -8.81. The van der Waals surface area contributed by atoms with Crippen molar-refractivity contribution in [2.75, 3.05) is 86.4 Å². The zero-order chi connectivity index (χ0) is 90.1. The molecule has 2 rings (SSSR count). The number of carbonyl (C=O) groups excluding carboxylic acids is 13. The molecule has 0 aliphatic carbocycles. The Kier molecular flexibility index (Phi) is 52.8. The van der Waals surface area contributed by atoms with E-state index >= 15 is 0 Å². The van der Waals surface area contributed by atoms with Crippen molar-refractivity contribution in [2.24, 2.45) is 41.2 Å². The van der Waals surface area contributed by atoms with E-state index in [1.807, 2.05) is 92.6 Å². The molecule has 0 saturated heterocycles. The van der Waals surface area contributed by atoms with Gasteiger partial charge in [-0.2, -0.15) is 0 Å². The van der Waals surface area contributed by atoms with Crippen molar-refractivity contribution in [1.29, 1.82) is 0 Å². The number of rotatable bonds is 61. The highest BCUT2D eigenvalue weighted by atomic mass is 16.6. The van der Waals surface area contributed by atoms with Gasteiger partial charge in [0.05, 0.1) is 31.7 Å². The lowest BCUT2D eigenvalue weighted by molar-refractivity contribution is -0.146. The predicted molar refractivity (Wildman–Crippen MR) is 467 cm³/mol. The number of hydrogen-bond donors (Lipinski definition) is 11. The SMILES string of the molecule is CCCCCCCCCC(=O)NCCC(=O)N(C)CC(=O)N(C)CC(=O)N[C@@H](CCCCNC(=O)CCCC(=O)N[C@H](C(=O)N[C@@H](CCCNC(N)O)C(=O)Nc1ccc(COC(=O)N(C)[C@H](C(=O)N[C@H](C(=O)N(C)[C@@H]([C@@H](C)CC)[C@@H](CC(=O)N(CCC)CC[C@@H](C)C(=O)N[C@H](C)Cc2ccccc2)OC)C(C)C)C(C)C)cc1)C(C)C)C(C)C. The number of anilines is 1. The zero-order valence-electron chi connectivity index (χ0n) is 76.0. The van der Waals surface area contributed by atoms with Crippen LogP contribution in [0, 0.1) is 35.5 Å². The third-order valence-corrected chi connectivity index (χ3v) is 21.8. The van der Waals surface area contributed by atoms with Crippen LogP contribution in [-0.4, -0.2) is 242 Å². The summed E-state index contributed by atoms with van der Waals surface area (Å²) in [6.07, 6.45) is 10.2. The summed E-state index contributed by atoms with van der Waals surface area (Å²) in [5.41, 5.74) is 7.47. The molecule has 120 heavy (non-hydrogen) atoms. The summed E-state index contributed by atoms with van der Waals surface area (Å²) in [5.74, 6) is -6.07. The molecule has 0 aromatic heterocycles. The first-order valence-corrected chi connectivity index (χ1v) is 43.9. The van der Waals surface area contributed by atoms with Crippen LogP contribution in [0.5, 0.6) is 0 Å². The zero-order valence-corrected chi connectivity index (χ0v) is 76.0. The lowest BCUT2D eigenvalue weighted by Gasteiger charge is -2.40. The average molecular weight is 1690 g/mol. The van der Waals surface area contributed by atoms with Gasteiger partial charge >= 0.3 is 6.09 Å². The number of benzene rings is 2. The lowest BCUT2D eigenvalue weighted by atomic mass is 9.89. The van der Waals surface area contributed by atoms with Crippen molar-refractivity contribution in [3.05, 3.63) is 65.7 Å². The van der Waals surface area contributed by atoms with Crippen LogP contribution in [0.15, 0.2) is 54.6 Å². The van der Waals surface area contributed by atoms with Crippen LogP contribution in [-0.2, 0) is 80.0 Å². The van der Waals surface area contributed by atoms with E-state index in [-0.39, 0.29) is 143 Å². The second-order valence-electron chi connectivity index (χ2n) is 33.7. The molecule has 1 unspecified atom stereocenters. The largest absolute Gasteiger partial charge is 0.445 e. The molecule has 31 nitrogen and oxygen atoms in total. The molecular weight excluding hydrogens is 1540 g/mol. The number of aliphatic hydroxyl groups excluding tert-OH is 1. The van der Waals surface area contributed by atoms with Crippen LogP contribution in [0.25, 0.3) is 0 Å². The molecule has 0 fully saturated rings. The van der Waals surface area contributed by atoms with Gasteiger partial charge in [-0.3, -0.25) is 73.5 Å². The molecule has 2 aromatic carbocycles. The van der Waals surface area contributed by atoms with E-state index in [0.717, 1.165) is 24.8 Å². The lowest BCUT2D eigenvalue weighted by Crippen LogP contribution is -2.60. The predicted octanol–water partition coefficient (Wildman–Crippen LogP) is 8.04. The molecule has 680 valence electrons. The Morgan fingerprint density at radius 2 is 1.10 bits per heavy atom. The maximum atomic E-state index is 14.8. The van der Waals surface area contributed by atoms with E-state index in [2.05, 4.69) is 54.8 Å². The Bertz CT molecular complexity index is 3420. The van der Waals surface area contributed by atoms with Crippen LogP contribution in [0.2, 0.25) is 0 Å². The fraction of sp³-hybridized carbons (Fsp3) is 0.719. The molecule has 13 amide bonds. The van der Waals surface area contributed by atoms with E-state index in [1.54, 1.807) is 68.8 Å². The molecule has 12 N–H and O–H groups in total. The Labute approximate surface area is 716 Å². The fourth-order valence-electron chi connectivity index (χ4n) is 14.2. The number of carbonyl (C=O) groups is 13. The molecule has 2 aromatic rings. The Morgan fingerprint density at radius 3 is 1.69 bits per heavy atom. The standard InChI is InChI=1S/C89H153N15O16/c1-20-23-24-25-26-27-31-40-72(105)92-51-47-76(109)101(16)57-78(111)100(15)56-75(108)96-69(59(4)5)38-32-33-49-91-73(106)41-34-42-74(107)98-79(60(6)7)85(114)97-70(39-35-50-93-88(90)117)84(113)95-68-45-43-67(44-46-68)58-120-89(118)103(18)81(62(10)11)86(115)99-80(61(8)9)87(116)102(17)82(63(12)22-3)71(119-19)55-77(110)104(52-21-2)53-48-64(13)83(112)94-65(14)54-66-36-29-28-30-37-66/h28-30,36-37,43-46,59-65,69-71,79-82,88,93,117H,20-27,31-35,38-42,47-58,90H2,1-19H3,(H,91,106)(H,92,105)(H,94,112)(H,95,113)(H,96,108)(H,97,114)(H,98,107)(H,99,115)/t63-,64+,65+,69-,70-,71+,79-,80-,81-,82-,88?/m0/s1. The number of nitrogens with two attached hydrogens (primary N) is 1. The summed E-state index contributed by atoms with van der Waals surface area (Å²) in [6.45, 7) is 27.5. The molecule has 0 spiro atoms. The highest BCUT2D eigenvalue weighted by molar-refractivity contribution is 5.99. The van der Waals surface area contributed by atoms with Crippen LogP contribution < -0.4 is 53.6 Å². The summed E-state index contributed by atoms with van der Waals surface area (Å²) in [4.78, 5) is 183. The number of unbranched alkanes of at least 4 members (excludes halogenated alkanes) is 7. The van der Waals surface area contributed by atoms with Crippen molar-refractivity contribution >= 4 is 82.7 Å². The van der Waals surface area contributed by atoms with Gasteiger partial charge in [-0.05, 0) is 131 Å². The van der Waals surface area contributed by atoms with Gasteiger partial charge in [0, 0.05) is 111 Å². The molecule has 31 heteroatoms. The summed E-state index contributed by atoms with van der Waals surface area (Å²) in [6, 6.07) is 11.2. The van der Waals surface area contributed by atoms with Crippen molar-refractivity contribution in [2.45, 2.75) is 300 Å². The van der Waals surface area contributed by atoms with Gasteiger partial charge < -0.3 is 76.7 Å². The minimum Gasteiger partial charge on any atom is -0.445 e. The second kappa shape index (κ2) is 59.0. The minimum absolute atomic E-state index is 0.0314. The van der Waals surface area contributed by atoms with E-state index < -0.39 is 102 Å². The number of likely N-dealkylation sites (N-methyl/N-ethyl adjacent to an activating group) is 4. The van der Waals surface area contributed by atoms with Crippen molar-refractivity contribution < 1.29 is 76.9 Å².